The summed E-state index contributed by atoms with van der Waals surface area (Å²) >= 11 is 0. The number of carbonyl (C=O) groups is 2. The molecule has 0 amide bonds. The number of ether oxygens (including phenoxy) is 1. The van der Waals surface area contributed by atoms with Crippen LogP contribution in [0.25, 0.3) is 0 Å². The molecule has 1 unspecified atom stereocenters. The van der Waals surface area contributed by atoms with E-state index in [0.29, 0.717) is 29.8 Å². The third-order valence-electron chi connectivity index (χ3n) is 5.27. The summed E-state index contributed by atoms with van der Waals surface area (Å²) in [5.41, 5.74) is 1.24. The van der Waals surface area contributed by atoms with Crippen LogP contribution >= 0.6 is 0 Å². The average Bonchev–Trinajstić information content (AvgIpc) is 2.58. The molecule has 3 rings (SSSR count). The van der Waals surface area contributed by atoms with E-state index in [2.05, 4.69) is 5.32 Å². The lowest BCUT2D eigenvalue weighted by atomic mass is 9.67. The zero-order valence-corrected chi connectivity index (χ0v) is 15.9. The van der Waals surface area contributed by atoms with Gasteiger partial charge in [-0.1, -0.05) is 19.9 Å². The van der Waals surface area contributed by atoms with Gasteiger partial charge in [-0.2, -0.15) is 0 Å². The molecule has 2 aliphatic rings. The summed E-state index contributed by atoms with van der Waals surface area (Å²) in [4.78, 5) is 25.9. The van der Waals surface area contributed by atoms with Gasteiger partial charge in [0, 0.05) is 34.0 Å². The Morgan fingerprint density at radius 3 is 2.67 bits per heavy atom. The number of benzene rings is 1. The first kappa shape index (κ1) is 19.3. The number of carbonyl (C=O) groups excluding carboxylic acids is 2. The Hall–Kier alpha value is -2.50. The number of allylic oxidation sites excluding steroid dienone is 3. The molecule has 0 saturated carbocycles. The van der Waals surface area contributed by atoms with E-state index >= 15 is 0 Å². The molecule has 0 saturated heterocycles. The standard InChI is InChI=1S/C21H23F2NO3/c1-5-27-20(26)16-11(2)24-15-8-9-21(3,4)19(25)18(15)17(16)13-7-6-12(22)10-14(13)23/h6-7,10,17,24H,5,8-9H2,1-4H3. The summed E-state index contributed by atoms with van der Waals surface area (Å²) in [6, 6.07) is 3.21. The summed E-state index contributed by atoms with van der Waals surface area (Å²) in [6.07, 6.45) is 1.26. The minimum absolute atomic E-state index is 0.0962. The van der Waals surface area contributed by atoms with Crippen molar-refractivity contribution >= 4 is 11.8 Å². The van der Waals surface area contributed by atoms with Gasteiger partial charge in [0.15, 0.2) is 5.78 Å². The number of dihydropyridines is 1. The van der Waals surface area contributed by atoms with Crippen LogP contribution in [-0.4, -0.2) is 18.4 Å². The van der Waals surface area contributed by atoms with Crippen molar-refractivity contribution in [3.63, 3.8) is 0 Å². The Labute approximate surface area is 157 Å². The van der Waals surface area contributed by atoms with Crippen LogP contribution in [0.5, 0.6) is 0 Å². The molecule has 0 radical (unpaired) electrons. The number of Topliss-reactive ketones (excluding diaryl/α,β-unsaturated/α-hetero) is 1. The van der Waals surface area contributed by atoms with Crippen LogP contribution in [0.3, 0.4) is 0 Å². The van der Waals surface area contributed by atoms with Crippen molar-refractivity contribution in [2.75, 3.05) is 6.61 Å². The van der Waals surface area contributed by atoms with E-state index in [1.54, 1.807) is 13.8 Å². The van der Waals surface area contributed by atoms with Gasteiger partial charge in [-0.3, -0.25) is 4.79 Å². The zero-order chi connectivity index (χ0) is 19.9. The average molecular weight is 375 g/mol. The zero-order valence-electron chi connectivity index (χ0n) is 15.9. The quantitative estimate of drug-likeness (QED) is 0.807. The normalized spacial score (nSPS) is 21.7. The first-order chi connectivity index (χ1) is 12.7. The van der Waals surface area contributed by atoms with E-state index in [1.165, 1.54) is 6.07 Å². The lowest BCUT2D eigenvalue weighted by Crippen LogP contribution is -2.40. The van der Waals surface area contributed by atoms with Crippen molar-refractivity contribution in [2.45, 2.75) is 46.5 Å². The molecule has 1 N–H and O–H groups in total. The van der Waals surface area contributed by atoms with Gasteiger partial charge in [-0.15, -0.1) is 0 Å². The van der Waals surface area contributed by atoms with E-state index < -0.39 is 28.9 Å². The monoisotopic (exact) mass is 375 g/mol. The van der Waals surface area contributed by atoms with Gasteiger partial charge in [0.05, 0.1) is 18.1 Å². The summed E-state index contributed by atoms with van der Waals surface area (Å²) in [5, 5.41) is 3.15. The summed E-state index contributed by atoms with van der Waals surface area (Å²) < 4.78 is 33.3. The fourth-order valence-corrected chi connectivity index (χ4v) is 3.80. The highest BCUT2D eigenvalue weighted by Gasteiger charge is 2.45. The first-order valence-electron chi connectivity index (χ1n) is 9.05. The van der Waals surface area contributed by atoms with Crippen LogP contribution in [0, 0.1) is 17.0 Å². The van der Waals surface area contributed by atoms with Crippen molar-refractivity contribution in [3.05, 3.63) is 57.9 Å². The summed E-state index contributed by atoms with van der Waals surface area (Å²) in [5.74, 6) is -3.18. The van der Waals surface area contributed by atoms with Crippen LogP contribution in [-0.2, 0) is 14.3 Å². The van der Waals surface area contributed by atoms with E-state index in [9.17, 15) is 18.4 Å². The van der Waals surface area contributed by atoms with Gasteiger partial charge in [0.2, 0.25) is 0 Å². The molecule has 0 bridgehead atoms. The molecule has 6 heteroatoms. The van der Waals surface area contributed by atoms with E-state index in [1.807, 2.05) is 13.8 Å². The molecule has 1 heterocycles. The van der Waals surface area contributed by atoms with Crippen molar-refractivity contribution < 1.29 is 23.1 Å². The third-order valence-corrected chi connectivity index (χ3v) is 5.27. The van der Waals surface area contributed by atoms with Crippen LogP contribution in [0.4, 0.5) is 8.78 Å². The minimum atomic E-state index is -0.923. The molecule has 1 aliphatic heterocycles. The topological polar surface area (TPSA) is 55.4 Å². The van der Waals surface area contributed by atoms with E-state index in [-0.39, 0.29) is 23.5 Å². The summed E-state index contributed by atoms with van der Waals surface area (Å²) in [6.45, 7) is 7.21. The van der Waals surface area contributed by atoms with Crippen molar-refractivity contribution in [3.8, 4) is 0 Å². The Kier molecular flexibility index (Phi) is 4.93. The van der Waals surface area contributed by atoms with Gasteiger partial charge in [-0.05, 0) is 32.8 Å². The van der Waals surface area contributed by atoms with Crippen molar-refractivity contribution in [1.82, 2.24) is 5.32 Å². The number of ketones is 1. The molecular formula is C21H23F2NO3. The maximum absolute atomic E-state index is 14.7. The second kappa shape index (κ2) is 6.91. The number of halogens is 2. The van der Waals surface area contributed by atoms with Gasteiger partial charge >= 0.3 is 5.97 Å². The van der Waals surface area contributed by atoms with Crippen molar-refractivity contribution in [2.24, 2.45) is 5.41 Å². The smallest absolute Gasteiger partial charge is 0.336 e. The predicted molar refractivity (Wildman–Crippen MR) is 96.6 cm³/mol. The fourth-order valence-electron chi connectivity index (χ4n) is 3.80. The van der Waals surface area contributed by atoms with Gasteiger partial charge in [0.25, 0.3) is 0 Å². The molecule has 0 fully saturated rings. The van der Waals surface area contributed by atoms with Crippen LogP contribution in [0.15, 0.2) is 40.7 Å². The molecule has 144 valence electrons. The Bertz CT molecular complexity index is 883. The molecule has 1 aliphatic carbocycles. The number of rotatable bonds is 3. The number of esters is 1. The molecule has 27 heavy (non-hydrogen) atoms. The molecule has 1 aromatic carbocycles. The van der Waals surface area contributed by atoms with Gasteiger partial charge in [0.1, 0.15) is 11.6 Å². The number of hydrogen-bond donors (Lipinski definition) is 1. The lowest BCUT2D eigenvalue weighted by Gasteiger charge is -2.39. The van der Waals surface area contributed by atoms with Gasteiger partial charge < -0.3 is 10.1 Å². The molecular weight excluding hydrogens is 352 g/mol. The van der Waals surface area contributed by atoms with Gasteiger partial charge in [-0.25, -0.2) is 13.6 Å². The number of hydrogen-bond acceptors (Lipinski definition) is 4. The Morgan fingerprint density at radius 2 is 2.04 bits per heavy atom. The maximum Gasteiger partial charge on any atom is 0.336 e. The number of nitrogens with one attached hydrogen (secondary N) is 1. The third kappa shape index (κ3) is 3.29. The fraction of sp³-hybridized carbons (Fsp3) is 0.429. The van der Waals surface area contributed by atoms with Crippen molar-refractivity contribution in [1.29, 1.82) is 0 Å². The Morgan fingerprint density at radius 1 is 1.33 bits per heavy atom. The van der Waals surface area contributed by atoms with Crippen LogP contribution in [0.1, 0.15) is 52.0 Å². The minimum Gasteiger partial charge on any atom is -0.463 e. The molecule has 1 aromatic rings. The summed E-state index contributed by atoms with van der Waals surface area (Å²) in [7, 11) is 0. The Balaban J connectivity index is 2.24. The van der Waals surface area contributed by atoms with E-state index in [0.717, 1.165) is 12.1 Å². The molecule has 0 spiro atoms. The molecule has 0 aromatic heterocycles. The maximum atomic E-state index is 14.7. The molecule has 1 atom stereocenters. The largest absolute Gasteiger partial charge is 0.463 e. The first-order valence-corrected chi connectivity index (χ1v) is 9.05. The second-order valence-electron chi connectivity index (χ2n) is 7.59. The predicted octanol–water partition coefficient (Wildman–Crippen LogP) is 4.13. The SMILES string of the molecule is CCOC(=O)C1=C(C)NC2=C(C(=O)C(C)(C)CC2)C1c1ccc(F)cc1F. The van der Waals surface area contributed by atoms with Crippen LogP contribution in [0.2, 0.25) is 0 Å². The van der Waals surface area contributed by atoms with Crippen LogP contribution < -0.4 is 5.32 Å². The lowest BCUT2D eigenvalue weighted by molar-refractivity contribution is -0.138. The highest BCUT2D eigenvalue weighted by atomic mass is 19.1. The molecule has 4 nitrogen and oxygen atoms in total. The second-order valence-corrected chi connectivity index (χ2v) is 7.59. The highest BCUT2D eigenvalue weighted by molar-refractivity contribution is 6.06. The highest BCUT2D eigenvalue weighted by Crippen LogP contribution is 2.47. The van der Waals surface area contributed by atoms with E-state index in [4.69, 9.17) is 4.74 Å².